The summed E-state index contributed by atoms with van der Waals surface area (Å²) < 4.78 is 13.0. The molecule has 4 rings (SSSR count). The van der Waals surface area contributed by atoms with Crippen molar-refractivity contribution in [3.05, 3.63) is 57.6 Å². The van der Waals surface area contributed by atoms with E-state index in [1.807, 2.05) is 32.2 Å². The fourth-order valence-corrected chi connectivity index (χ4v) is 6.88. The lowest BCUT2D eigenvalue weighted by Crippen LogP contribution is -2.45. The first-order valence-electron chi connectivity index (χ1n) is 11.1. The molecule has 0 aromatic heterocycles. The molecular weight excluding hydrogens is 470 g/mol. The normalized spacial score (nSPS) is 27.3. The number of halogens is 1. The van der Waals surface area contributed by atoms with Gasteiger partial charge in [-0.2, -0.15) is 0 Å². The number of amides is 1. The van der Waals surface area contributed by atoms with Crippen molar-refractivity contribution in [3.63, 3.8) is 0 Å². The molecule has 1 saturated heterocycles. The number of benzene rings is 2. The van der Waals surface area contributed by atoms with E-state index in [0.717, 1.165) is 32.6 Å². The number of hydrogen-bond donors (Lipinski definition) is 1. The second-order valence-corrected chi connectivity index (χ2v) is 10.5. The highest BCUT2D eigenvalue weighted by molar-refractivity contribution is 9.10. The highest BCUT2D eigenvalue weighted by atomic mass is 79.9. The molecule has 1 amide bonds. The minimum Gasteiger partial charge on any atom is -0.497 e. The molecule has 2 aromatic carbocycles. The number of methoxy groups -OCH3 is 1. The smallest absolute Gasteiger partial charge is 0.264 e. The van der Waals surface area contributed by atoms with Crippen LogP contribution in [0.3, 0.4) is 0 Å². The summed E-state index contributed by atoms with van der Waals surface area (Å²) in [5, 5.41) is 9.87. The van der Waals surface area contributed by atoms with Gasteiger partial charge in [0.05, 0.1) is 18.9 Å². The lowest BCUT2D eigenvalue weighted by molar-refractivity contribution is -0.146. The van der Waals surface area contributed by atoms with Crippen molar-refractivity contribution in [1.29, 1.82) is 0 Å². The Labute approximate surface area is 198 Å². The Bertz CT molecular complexity index is 1030. The highest BCUT2D eigenvalue weighted by Gasteiger charge is 2.65. The van der Waals surface area contributed by atoms with Gasteiger partial charge in [0.2, 0.25) is 0 Å². The number of ether oxygens (including phenoxy) is 2. The van der Waals surface area contributed by atoms with Gasteiger partial charge in [0.25, 0.3) is 5.91 Å². The minimum absolute atomic E-state index is 0.0110. The Kier molecular flexibility index (Phi) is 5.93. The maximum Gasteiger partial charge on any atom is 0.264 e. The zero-order valence-electron chi connectivity index (χ0n) is 19.6. The number of anilines is 1. The van der Waals surface area contributed by atoms with Crippen LogP contribution in [0, 0.1) is 18.8 Å². The topological polar surface area (TPSA) is 59.0 Å². The largest absolute Gasteiger partial charge is 0.497 e. The monoisotopic (exact) mass is 501 g/mol. The molecule has 0 radical (unpaired) electrons. The third kappa shape index (κ3) is 3.22. The fourth-order valence-electron chi connectivity index (χ4n) is 6.04. The number of carbonyl (C=O) groups excluding carboxylic acids is 1. The van der Waals surface area contributed by atoms with E-state index >= 15 is 0 Å². The number of aliphatic hydroxyl groups is 1. The van der Waals surface area contributed by atoms with Crippen LogP contribution in [0.1, 0.15) is 43.9 Å². The van der Waals surface area contributed by atoms with Crippen LogP contribution in [0.2, 0.25) is 0 Å². The third-order valence-electron chi connectivity index (χ3n) is 7.56. The summed E-state index contributed by atoms with van der Waals surface area (Å²) in [5.41, 5.74) is 2.66. The fraction of sp³-hybridized carbons (Fsp3) is 0.500. The van der Waals surface area contributed by atoms with Crippen molar-refractivity contribution < 1.29 is 19.4 Å². The van der Waals surface area contributed by atoms with Crippen LogP contribution in [0.25, 0.3) is 0 Å². The number of fused-ring (bicyclic) bond motifs is 2. The molecule has 4 atom stereocenters. The van der Waals surface area contributed by atoms with E-state index in [4.69, 9.17) is 9.47 Å². The summed E-state index contributed by atoms with van der Waals surface area (Å²) >= 11 is 3.67. The Morgan fingerprint density at radius 1 is 1.25 bits per heavy atom. The quantitative estimate of drug-likeness (QED) is 0.629. The zero-order chi connectivity index (χ0) is 23.4. The number of aliphatic hydroxyl groups excluding tert-OH is 1. The molecule has 5 nitrogen and oxygen atoms in total. The molecule has 0 unspecified atom stereocenters. The van der Waals surface area contributed by atoms with Crippen LogP contribution >= 0.6 is 15.9 Å². The first-order valence-corrected chi connectivity index (χ1v) is 11.9. The molecule has 2 aromatic rings. The number of rotatable bonds is 5. The van der Waals surface area contributed by atoms with Crippen molar-refractivity contribution in [1.82, 2.24) is 0 Å². The van der Waals surface area contributed by atoms with E-state index in [9.17, 15) is 9.90 Å². The van der Waals surface area contributed by atoms with Gasteiger partial charge in [0.1, 0.15) is 5.75 Å². The van der Waals surface area contributed by atoms with Crippen LogP contribution in [0.5, 0.6) is 5.75 Å². The van der Waals surface area contributed by atoms with E-state index in [-0.39, 0.29) is 35.9 Å². The van der Waals surface area contributed by atoms with Crippen molar-refractivity contribution in [2.24, 2.45) is 11.8 Å². The molecule has 1 spiro atoms. The average molecular weight is 502 g/mol. The molecule has 0 aliphatic carbocycles. The molecular formula is C26H32BrNO4. The summed E-state index contributed by atoms with van der Waals surface area (Å²) in [7, 11) is 3.48. The highest BCUT2D eigenvalue weighted by Crippen LogP contribution is 2.60. The molecule has 172 valence electrons. The Morgan fingerprint density at radius 3 is 2.50 bits per heavy atom. The van der Waals surface area contributed by atoms with Gasteiger partial charge in [0, 0.05) is 35.5 Å². The summed E-state index contributed by atoms with van der Waals surface area (Å²) in [5.74, 6) is 0.694. The Hall–Kier alpha value is -1.89. The first-order chi connectivity index (χ1) is 15.1. The Morgan fingerprint density at radius 2 is 1.91 bits per heavy atom. The second-order valence-electron chi connectivity index (χ2n) is 9.68. The van der Waals surface area contributed by atoms with E-state index < -0.39 is 5.60 Å². The second kappa shape index (κ2) is 8.15. The van der Waals surface area contributed by atoms with Gasteiger partial charge < -0.3 is 19.5 Å². The van der Waals surface area contributed by atoms with Gasteiger partial charge in [-0.05, 0) is 64.0 Å². The lowest BCUT2D eigenvalue weighted by Gasteiger charge is -2.38. The molecule has 1 fully saturated rings. The van der Waals surface area contributed by atoms with Gasteiger partial charge in [-0.15, -0.1) is 0 Å². The summed E-state index contributed by atoms with van der Waals surface area (Å²) in [4.78, 5) is 15.5. The molecule has 6 heteroatoms. The molecule has 2 aliphatic heterocycles. The van der Waals surface area contributed by atoms with E-state index in [1.54, 1.807) is 12.0 Å². The van der Waals surface area contributed by atoms with Crippen LogP contribution in [0.4, 0.5) is 5.69 Å². The predicted octanol–water partition coefficient (Wildman–Crippen LogP) is 4.95. The maximum absolute atomic E-state index is 13.8. The average Bonchev–Trinajstić information content (AvgIpc) is 3.16. The van der Waals surface area contributed by atoms with Crippen molar-refractivity contribution >= 4 is 27.5 Å². The number of aryl methyl sites for hydroxylation is 1. The van der Waals surface area contributed by atoms with Crippen LogP contribution in [0.15, 0.2) is 40.9 Å². The predicted molar refractivity (Wildman–Crippen MR) is 129 cm³/mol. The number of likely N-dealkylation sites (N-methyl/N-ethyl adjacent to an activating group) is 1. The minimum atomic E-state index is -1.06. The molecule has 2 heterocycles. The molecule has 2 aliphatic rings. The number of carbonyl (C=O) groups is 1. The standard InChI is InChI=1S/C26H32BrNO4/c1-15-13-19-23(20(27)14-15)28(5)24(30)26(19)16(2)22(21(32-26)11-12-29)25(3,4)17-7-9-18(31-6)10-8-17/h7-10,13-14,16,21-22,29H,11-12H2,1-6H3/t16-,21+,22-,26+/m1/s1. The molecule has 32 heavy (non-hydrogen) atoms. The van der Waals surface area contributed by atoms with E-state index in [0.29, 0.717) is 6.42 Å². The first kappa shape index (κ1) is 23.3. The third-order valence-corrected chi connectivity index (χ3v) is 8.17. The maximum atomic E-state index is 13.8. The van der Waals surface area contributed by atoms with Crippen LogP contribution in [-0.4, -0.2) is 37.9 Å². The van der Waals surface area contributed by atoms with Crippen LogP contribution in [-0.2, 0) is 20.5 Å². The van der Waals surface area contributed by atoms with Crippen LogP contribution < -0.4 is 9.64 Å². The molecule has 0 saturated carbocycles. The number of hydrogen-bond acceptors (Lipinski definition) is 4. The van der Waals surface area contributed by atoms with Gasteiger partial charge in [-0.1, -0.05) is 39.0 Å². The van der Waals surface area contributed by atoms with E-state index in [2.05, 4.69) is 54.9 Å². The number of nitrogens with zero attached hydrogens (tertiary/aromatic N) is 1. The lowest BCUT2D eigenvalue weighted by atomic mass is 9.63. The van der Waals surface area contributed by atoms with Crippen molar-refractivity contribution in [2.75, 3.05) is 25.7 Å². The summed E-state index contributed by atoms with van der Waals surface area (Å²) in [6.07, 6.45) is 0.227. The van der Waals surface area contributed by atoms with Gasteiger partial charge in [-0.25, -0.2) is 0 Å². The molecule has 1 N–H and O–H groups in total. The SMILES string of the molecule is COc1ccc(C(C)(C)[C@H]2[C@H](CCO)O[C@@]3(C(=O)N(C)c4c(Br)cc(C)cc43)[C@@H]2C)cc1. The summed E-state index contributed by atoms with van der Waals surface area (Å²) in [6.45, 7) is 8.59. The van der Waals surface area contributed by atoms with Crippen molar-refractivity contribution in [2.45, 2.75) is 51.2 Å². The van der Waals surface area contributed by atoms with E-state index in [1.165, 1.54) is 0 Å². The Balaban J connectivity index is 1.86. The van der Waals surface area contributed by atoms with Crippen molar-refractivity contribution in [3.8, 4) is 5.75 Å². The van der Waals surface area contributed by atoms with Gasteiger partial charge in [-0.3, -0.25) is 4.79 Å². The zero-order valence-corrected chi connectivity index (χ0v) is 21.2. The summed E-state index contributed by atoms with van der Waals surface area (Å²) in [6, 6.07) is 12.2. The molecule has 0 bridgehead atoms. The van der Waals surface area contributed by atoms with Gasteiger partial charge >= 0.3 is 0 Å². The van der Waals surface area contributed by atoms with Gasteiger partial charge in [0.15, 0.2) is 5.60 Å².